The minimum Gasteiger partial charge on any atom is -0.495 e. The minimum atomic E-state index is -0.102. The molecule has 0 spiro atoms. The van der Waals surface area contributed by atoms with Gasteiger partial charge in [0.1, 0.15) is 11.4 Å². The van der Waals surface area contributed by atoms with Crippen molar-refractivity contribution in [1.29, 1.82) is 0 Å². The molecule has 44 heavy (non-hydrogen) atoms. The molecule has 0 radical (unpaired) electrons. The second kappa shape index (κ2) is 11.7. The first-order valence-corrected chi connectivity index (χ1v) is 15.9. The van der Waals surface area contributed by atoms with Gasteiger partial charge in [-0.1, -0.05) is 18.2 Å². The monoisotopic (exact) mass is 591 g/mol. The van der Waals surface area contributed by atoms with E-state index < -0.39 is 0 Å². The normalized spacial score (nSPS) is 17.3. The lowest BCUT2D eigenvalue weighted by atomic mass is 10.0. The van der Waals surface area contributed by atoms with Crippen LogP contribution in [0.5, 0.6) is 5.75 Å². The van der Waals surface area contributed by atoms with Gasteiger partial charge >= 0.3 is 0 Å². The summed E-state index contributed by atoms with van der Waals surface area (Å²) in [4.78, 5) is 34.6. The van der Waals surface area contributed by atoms with Gasteiger partial charge in [-0.15, -0.1) is 0 Å². The molecule has 228 valence electrons. The summed E-state index contributed by atoms with van der Waals surface area (Å²) in [5.41, 5.74) is 7.19. The van der Waals surface area contributed by atoms with Gasteiger partial charge in [0.25, 0.3) is 11.8 Å². The molecule has 8 heteroatoms. The second-order valence-corrected chi connectivity index (χ2v) is 12.4. The van der Waals surface area contributed by atoms with E-state index in [0.717, 1.165) is 60.0 Å². The van der Waals surface area contributed by atoms with Crippen molar-refractivity contribution in [2.24, 2.45) is 0 Å². The molecule has 0 aliphatic carbocycles. The molecule has 0 N–H and O–H groups in total. The Balaban J connectivity index is 1.16. The van der Waals surface area contributed by atoms with Crippen molar-refractivity contribution >= 4 is 17.5 Å². The Labute approximate surface area is 259 Å². The van der Waals surface area contributed by atoms with Crippen LogP contribution in [-0.4, -0.2) is 70.1 Å². The smallest absolute Gasteiger partial charge is 0.270 e. The van der Waals surface area contributed by atoms with E-state index in [2.05, 4.69) is 46.1 Å². The van der Waals surface area contributed by atoms with Crippen molar-refractivity contribution in [1.82, 2.24) is 18.9 Å². The number of anilines is 1. The van der Waals surface area contributed by atoms with Gasteiger partial charge in [0.15, 0.2) is 0 Å². The first-order chi connectivity index (χ1) is 21.4. The summed E-state index contributed by atoms with van der Waals surface area (Å²) in [5.74, 6) is 0.630. The number of para-hydroxylation sites is 1. The number of ether oxygens (including phenoxy) is 1. The summed E-state index contributed by atoms with van der Waals surface area (Å²) in [6, 6.07) is 22.4. The van der Waals surface area contributed by atoms with Crippen LogP contribution in [-0.2, 0) is 13.1 Å². The molecule has 2 aromatic carbocycles. The number of piperidine rings is 1. The van der Waals surface area contributed by atoms with Crippen LogP contribution in [0.4, 0.5) is 5.69 Å². The summed E-state index contributed by atoms with van der Waals surface area (Å²) in [6.45, 7) is 9.02. The number of nitrogens with zero attached hydrogens (tertiary/aromatic N) is 5. The molecule has 0 atom stereocenters. The maximum Gasteiger partial charge on any atom is 0.270 e. The molecule has 2 saturated heterocycles. The predicted octanol–water partition coefficient (Wildman–Crippen LogP) is 5.81. The summed E-state index contributed by atoms with van der Waals surface area (Å²) >= 11 is 0. The lowest BCUT2D eigenvalue weighted by molar-refractivity contribution is 0.0634. The van der Waals surface area contributed by atoms with Gasteiger partial charge in [0, 0.05) is 47.5 Å². The molecule has 2 aromatic heterocycles. The van der Waals surface area contributed by atoms with E-state index in [1.165, 1.54) is 25.9 Å². The van der Waals surface area contributed by atoms with Crippen molar-refractivity contribution in [3.05, 3.63) is 101 Å². The molecule has 3 aliphatic rings. The number of aryl methyl sites for hydroxylation is 2. The number of fused-ring (bicyclic) bond motifs is 2. The Hall–Kier alpha value is -4.30. The van der Waals surface area contributed by atoms with Crippen molar-refractivity contribution in [2.45, 2.75) is 58.7 Å². The molecular formula is C36H41N5O3. The van der Waals surface area contributed by atoms with Gasteiger partial charge < -0.3 is 28.6 Å². The van der Waals surface area contributed by atoms with Gasteiger partial charge in [0.2, 0.25) is 0 Å². The zero-order chi connectivity index (χ0) is 30.4. The summed E-state index contributed by atoms with van der Waals surface area (Å²) in [5, 5.41) is 0. The fourth-order valence-corrected chi connectivity index (χ4v) is 7.43. The van der Waals surface area contributed by atoms with Crippen molar-refractivity contribution in [3.63, 3.8) is 0 Å². The SMILES string of the molecule is COc1cc(C(=O)N2Cc3ccc(C(=O)N4CCC(N5CCCC5)CC4)n3Cc3ccccc32)ccc1-n1c(C)ccc1C. The number of rotatable bonds is 5. The Kier molecular flexibility index (Phi) is 7.54. The summed E-state index contributed by atoms with van der Waals surface area (Å²) in [7, 11) is 1.64. The standard InChI is InChI=1S/C36H41N5O3/c1-25-10-11-26(2)41(25)32-14-12-27(22-34(32)44-3)35(42)40-24-30-13-15-33(39(30)23-28-8-4-5-9-31(28)40)36(43)38-20-16-29(17-21-38)37-18-6-7-19-37/h4-5,8-15,22,29H,6-7,16-21,23-24H2,1-3H3. The van der Waals surface area contributed by atoms with E-state index in [4.69, 9.17) is 4.74 Å². The van der Waals surface area contributed by atoms with Crippen LogP contribution in [0.25, 0.3) is 5.69 Å². The lowest BCUT2D eigenvalue weighted by Gasteiger charge is -2.36. The number of hydrogen-bond donors (Lipinski definition) is 0. The van der Waals surface area contributed by atoms with Crippen LogP contribution >= 0.6 is 0 Å². The van der Waals surface area contributed by atoms with Crippen LogP contribution in [0.15, 0.2) is 66.7 Å². The molecular weight excluding hydrogens is 550 g/mol. The number of carbonyl (C=O) groups is 2. The highest BCUT2D eigenvalue weighted by atomic mass is 16.5. The average molecular weight is 592 g/mol. The van der Waals surface area contributed by atoms with E-state index in [-0.39, 0.29) is 11.8 Å². The quantitative estimate of drug-likeness (QED) is 0.294. The van der Waals surface area contributed by atoms with Crippen molar-refractivity contribution in [2.75, 3.05) is 38.2 Å². The molecule has 3 aliphatic heterocycles. The van der Waals surface area contributed by atoms with Gasteiger partial charge in [0.05, 0.1) is 25.9 Å². The molecule has 4 aromatic rings. The van der Waals surface area contributed by atoms with E-state index >= 15 is 0 Å². The van der Waals surface area contributed by atoms with Crippen LogP contribution in [0.1, 0.15) is 69.2 Å². The third-order valence-corrected chi connectivity index (χ3v) is 9.81. The van der Waals surface area contributed by atoms with E-state index in [1.54, 1.807) is 7.11 Å². The zero-order valence-electron chi connectivity index (χ0n) is 26.0. The highest BCUT2D eigenvalue weighted by Crippen LogP contribution is 2.33. The number of aromatic nitrogens is 2. The number of hydrogen-bond acceptors (Lipinski definition) is 4. The highest BCUT2D eigenvalue weighted by molar-refractivity contribution is 6.07. The molecule has 2 fully saturated rings. The maximum absolute atomic E-state index is 14.2. The fourth-order valence-electron chi connectivity index (χ4n) is 7.43. The molecule has 8 nitrogen and oxygen atoms in total. The predicted molar refractivity (Wildman–Crippen MR) is 172 cm³/mol. The van der Waals surface area contributed by atoms with Crippen molar-refractivity contribution in [3.8, 4) is 11.4 Å². The first-order valence-electron chi connectivity index (χ1n) is 15.9. The second-order valence-electron chi connectivity index (χ2n) is 12.4. The van der Waals surface area contributed by atoms with E-state index in [1.807, 2.05) is 58.3 Å². The maximum atomic E-state index is 14.2. The van der Waals surface area contributed by atoms with Gasteiger partial charge in [-0.05, 0) is 107 Å². The van der Waals surface area contributed by atoms with Crippen LogP contribution < -0.4 is 9.64 Å². The Bertz CT molecular complexity index is 1680. The summed E-state index contributed by atoms with van der Waals surface area (Å²) < 4.78 is 10.0. The zero-order valence-corrected chi connectivity index (χ0v) is 26.0. The Morgan fingerprint density at radius 3 is 2.23 bits per heavy atom. The van der Waals surface area contributed by atoms with Crippen LogP contribution in [0.2, 0.25) is 0 Å². The topological polar surface area (TPSA) is 63.0 Å². The van der Waals surface area contributed by atoms with Gasteiger partial charge in [-0.25, -0.2) is 0 Å². The molecule has 2 amide bonds. The van der Waals surface area contributed by atoms with Gasteiger partial charge in [-0.2, -0.15) is 0 Å². The lowest BCUT2D eigenvalue weighted by Crippen LogP contribution is -2.46. The van der Waals surface area contributed by atoms with Crippen LogP contribution in [0.3, 0.4) is 0 Å². The Morgan fingerprint density at radius 2 is 1.50 bits per heavy atom. The molecule has 0 bridgehead atoms. The van der Waals surface area contributed by atoms with Crippen LogP contribution in [0, 0.1) is 13.8 Å². The minimum absolute atomic E-state index is 0.0873. The van der Waals surface area contributed by atoms with E-state index in [0.29, 0.717) is 36.1 Å². The largest absolute Gasteiger partial charge is 0.495 e. The van der Waals surface area contributed by atoms with E-state index in [9.17, 15) is 9.59 Å². The third kappa shape index (κ3) is 5.01. The first kappa shape index (κ1) is 28.5. The fraction of sp³-hybridized carbons (Fsp3) is 0.389. The number of likely N-dealkylation sites (tertiary alicyclic amines) is 2. The number of amides is 2. The Morgan fingerprint density at radius 1 is 0.773 bits per heavy atom. The van der Waals surface area contributed by atoms with Crippen molar-refractivity contribution < 1.29 is 14.3 Å². The molecule has 0 saturated carbocycles. The molecule has 7 rings (SSSR count). The number of carbonyl (C=O) groups excluding carboxylic acids is 2. The molecule has 5 heterocycles. The molecule has 0 unspecified atom stereocenters. The summed E-state index contributed by atoms with van der Waals surface area (Å²) in [6.07, 6.45) is 4.66. The van der Waals surface area contributed by atoms with Gasteiger partial charge in [-0.3, -0.25) is 9.59 Å². The number of methoxy groups -OCH3 is 1. The average Bonchev–Trinajstić information content (AvgIpc) is 3.78. The third-order valence-electron chi connectivity index (χ3n) is 9.81. The highest BCUT2D eigenvalue weighted by Gasteiger charge is 2.32. The number of benzene rings is 2.